The Morgan fingerprint density at radius 2 is 0.422 bits per heavy atom. The molecule has 0 aromatic carbocycles. The summed E-state index contributed by atoms with van der Waals surface area (Å²) in [5.74, 6) is -2.73. The molecule has 0 aromatic rings. The summed E-state index contributed by atoms with van der Waals surface area (Å²) in [5.41, 5.74) is 0. The van der Waals surface area contributed by atoms with Gasteiger partial charge in [0.2, 0.25) is 0 Å². The third kappa shape index (κ3) is 71.4. The van der Waals surface area contributed by atoms with E-state index in [-0.39, 0.29) is 75.8 Å². The number of carboxylic acid groups (broad SMARTS) is 3. The summed E-state index contributed by atoms with van der Waals surface area (Å²) in [4.78, 5) is 30.3. The second-order valence-electron chi connectivity index (χ2n) is 11.9. The number of carbonyl (C=O) groups excluding carboxylic acids is 3. The molecule has 0 heterocycles. The molecule has 0 radical (unpaired) electrons. The van der Waals surface area contributed by atoms with E-state index in [2.05, 4.69) is 20.8 Å². The van der Waals surface area contributed by atoms with Gasteiger partial charge >= 0.3 is 56.6 Å². The van der Waals surface area contributed by atoms with Gasteiger partial charge in [0, 0.05) is 17.9 Å². The van der Waals surface area contributed by atoms with Crippen molar-refractivity contribution in [3.05, 3.63) is 0 Å². The van der Waals surface area contributed by atoms with Gasteiger partial charge in [-0.2, -0.15) is 0 Å². The summed E-state index contributed by atoms with van der Waals surface area (Å²) in [7, 11) is 0. The first-order chi connectivity index (χ1) is 20.3. The number of unbranched alkanes of at least 4 members (excludes halogenated alkanes) is 24. The van der Waals surface area contributed by atoms with Crippen LogP contribution in [0.3, 0.4) is 0 Å². The smallest absolute Gasteiger partial charge is 0.550 e. The zero-order valence-electron chi connectivity index (χ0n) is 31.2. The van der Waals surface area contributed by atoms with Crippen LogP contribution in [-0.2, 0) is 14.4 Å². The van der Waals surface area contributed by atoms with Crippen LogP contribution in [0, 0.1) is 0 Å². The fraction of sp³-hybridized carbons (Fsp3) is 0.917. The molecule has 0 aliphatic carbocycles. The number of rotatable bonds is 30. The normalized spacial score (nSPS) is 9.67. The molecule has 0 unspecified atom stereocenters. The fourth-order valence-electron chi connectivity index (χ4n) is 4.74. The predicted molar refractivity (Wildman–Crippen MR) is 171 cm³/mol. The summed E-state index contributed by atoms with van der Waals surface area (Å²) in [6.07, 6.45) is 33.5. The molecule has 0 bridgehead atoms. The van der Waals surface area contributed by atoms with Crippen LogP contribution >= 0.6 is 0 Å². The van der Waals surface area contributed by atoms with E-state index >= 15 is 0 Å². The third-order valence-corrected chi connectivity index (χ3v) is 7.45. The van der Waals surface area contributed by atoms with Crippen molar-refractivity contribution < 1.29 is 86.3 Å². The molecule has 0 saturated heterocycles. The van der Waals surface area contributed by atoms with Crippen LogP contribution in [0.4, 0.5) is 0 Å². The SMILES string of the molecule is CCCCCCCCCCCC(=O)[O-].CCCCCCCCCCCC(=O)[O-].CCCCCCCCCCCC(=O)[O-].[Li+].[Li+].[Li+]. The topological polar surface area (TPSA) is 120 Å². The first-order valence-electron chi connectivity index (χ1n) is 17.9. The Morgan fingerprint density at radius 1 is 0.289 bits per heavy atom. The van der Waals surface area contributed by atoms with E-state index in [0.29, 0.717) is 0 Å². The second-order valence-corrected chi connectivity index (χ2v) is 11.9. The van der Waals surface area contributed by atoms with E-state index in [9.17, 15) is 29.7 Å². The average molecular weight is 619 g/mol. The van der Waals surface area contributed by atoms with Gasteiger partial charge < -0.3 is 29.7 Å². The van der Waals surface area contributed by atoms with Gasteiger partial charge in [0.25, 0.3) is 0 Å². The zero-order valence-corrected chi connectivity index (χ0v) is 31.2. The molecule has 9 heteroatoms. The van der Waals surface area contributed by atoms with Crippen molar-refractivity contribution >= 4 is 17.9 Å². The second kappa shape index (κ2) is 53.7. The van der Waals surface area contributed by atoms with Crippen LogP contribution in [0.5, 0.6) is 0 Å². The Bertz CT molecular complexity index is 489. The van der Waals surface area contributed by atoms with Gasteiger partial charge in [-0.1, -0.05) is 175 Å². The maximum Gasteiger partial charge on any atom is 1.00 e. The molecule has 252 valence electrons. The molecule has 0 aliphatic heterocycles. The Balaban J connectivity index is -0.000000123. The van der Waals surface area contributed by atoms with Crippen molar-refractivity contribution in [2.75, 3.05) is 0 Å². The van der Waals surface area contributed by atoms with Gasteiger partial charge in [-0.15, -0.1) is 0 Å². The summed E-state index contributed by atoms with van der Waals surface area (Å²) in [6, 6.07) is 0. The molecule has 0 aromatic heterocycles. The van der Waals surface area contributed by atoms with E-state index in [4.69, 9.17) is 0 Å². The van der Waals surface area contributed by atoms with Crippen LogP contribution < -0.4 is 71.9 Å². The van der Waals surface area contributed by atoms with Crippen LogP contribution in [0.25, 0.3) is 0 Å². The van der Waals surface area contributed by atoms with E-state index in [1.54, 1.807) is 0 Å². The van der Waals surface area contributed by atoms with Crippen molar-refractivity contribution in [1.82, 2.24) is 0 Å². The van der Waals surface area contributed by atoms with Crippen molar-refractivity contribution in [2.24, 2.45) is 0 Å². The minimum absolute atomic E-state index is 0. The number of hydrogen-bond acceptors (Lipinski definition) is 6. The predicted octanol–water partition coefficient (Wildman–Crippen LogP) is -1.02. The molecular formula is C36H69Li3O6. The molecule has 0 fully saturated rings. The molecule has 0 saturated carbocycles. The molecule has 0 spiro atoms. The number of aliphatic carboxylic acids is 3. The first kappa shape index (κ1) is 57.5. The molecule has 0 N–H and O–H groups in total. The van der Waals surface area contributed by atoms with Gasteiger partial charge in [-0.05, 0) is 38.5 Å². The molecule has 0 aliphatic rings. The maximum absolute atomic E-state index is 10.1. The summed E-state index contributed by atoms with van der Waals surface area (Å²) in [5, 5.41) is 30.3. The van der Waals surface area contributed by atoms with Crippen molar-refractivity contribution in [3.8, 4) is 0 Å². The Hall–Kier alpha value is 0.202. The average Bonchev–Trinajstić information content (AvgIpc) is 2.95. The third-order valence-electron chi connectivity index (χ3n) is 7.45. The van der Waals surface area contributed by atoms with E-state index < -0.39 is 17.9 Å². The quantitative estimate of drug-likeness (QED) is 0.0752. The summed E-state index contributed by atoms with van der Waals surface area (Å²) in [6.45, 7) is 6.67. The van der Waals surface area contributed by atoms with Crippen LogP contribution in [0.1, 0.15) is 213 Å². The largest absolute Gasteiger partial charge is 1.00 e. The van der Waals surface area contributed by atoms with Crippen LogP contribution in [0.15, 0.2) is 0 Å². The number of carboxylic acids is 3. The summed E-state index contributed by atoms with van der Waals surface area (Å²) < 4.78 is 0. The van der Waals surface area contributed by atoms with E-state index in [1.807, 2.05) is 0 Å². The molecule has 6 nitrogen and oxygen atoms in total. The molecule has 0 rings (SSSR count). The van der Waals surface area contributed by atoms with Gasteiger partial charge in [0.1, 0.15) is 0 Å². The minimum atomic E-state index is -0.909. The van der Waals surface area contributed by atoms with Gasteiger partial charge in [0.15, 0.2) is 0 Å². The van der Waals surface area contributed by atoms with Crippen LogP contribution in [-0.4, -0.2) is 17.9 Å². The maximum atomic E-state index is 10.1. The standard InChI is InChI=1S/3C12H24O2.3Li/c3*1-2-3-4-5-6-7-8-9-10-11-12(13)14;;;/h3*2-11H2,1H3,(H,13,14);;;/q;;;3*+1/p-3. The first-order valence-corrected chi connectivity index (χ1v) is 17.9. The van der Waals surface area contributed by atoms with E-state index in [0.717, 1.165) is 38.5 Å². The van der Waals surface area contributed by atoms with E-state index in [1.165, 1.54) is 135 Å². The van der Waals surface area contributed by atoms with Gasteiger partial charge in [-0.25, -0.2) is 0 Å². The Kier molecular flexibility index (Phi) is 68.6. The van der Waals surface area contributed by atoms with Crippen molar-refractivity contribution in [1.29, 1.82) is 0 Å². The molecule has 0 amide bonds. The number of hydrogen-bond donors (Lipinski definition) is 0. The fourth-order valence-corrected chi connectivity index (χ4v) is 4.74. The Morgan fingerprint density at radius 3 is 0.556 bits per heavy atom. The molecular weight excluding hydrogens is 549 g/mol. The summed E-state index contributed by atoms with van der Waals surface area (Å²) >= 11 is 0. The van der Waals surface area contributed by atoms with Gasteiger partial charge in [0.05, 0.1) is 0 Å². The monoisotopic (exact) mass is 619 g/mol. The minimum Gasteiger partial charge on any atom is -0.550 e. The van der Waals surface area contributed by atoms with Crippen LogP contribution in [0.2, 0.25) is 0 Å². The van der Waals surface area contributed by atoms with Crippen molar-refractivity contribution in [2.45, 2.75) is 213 Å². The Labute approximate surface area is 315 Å². The zero-order chi connectivity index (χ0) is 31.9. The molecule has 0 atom stereocenters. The van der Waals surface area contributed by atoms with Crippen molar-refractivity contribution in [3.63, 3.8) is 0 Å². The number of carbonyl (C=O) groups is 3. The van der Waals surface area contributed by atoms with Gasteiger partial charge in [-0.3, -0.25) is 0 Å². The molecule has 45 heavy (non-hydrogen) atoms.